The van der Waals surface area contributed by atoms with Crippen LogP contribution in [-0.4, -0.2) is 41.5 Å². The maximum absolute atomic E-state index is 13.9. The summed E-state index contributed by atoms with van der Waals surface area (Å²) in [5, 5.41) is 0.583. The molecule has 0 aliphatic carbocycles. The number of benzene rings is 1. The van der Waals surface area contributed by atoms with Crippen molar-refractivity contribution in [1.29, 1.82) is 0 Å². The third kappa shape index (κ3) is 3.22. The van der Waals surface area contributed by atoms with Crippen LogP contribution in [0.15, 0.2) is 30.5 Å². The molecular weight excluding hydrogens is 311 g/mol. The summed E-state index contributed by atoms with van der Waals surface area (Å²) in [6, 6.07) is 6.00. The second kappa shape index (κ2) is 6.95. The fourth-order valence-electron chi connectivity index (χ4n) is 3.10. The number of esters is 1. The van der Waals surface area contributed by atoms with E-state index in [0.29, 0.717) is 37.0 Å². The number of halogens is 1. The number of likely N-dealkylation sites (tertiary alicyclic amines) is 1. The molecule has 1 atom stereocenters. The number of piperidine rings is 1. The van der Waals surface area contributed by atoms with Crippen LogP contribution in [0.3, 0.4) is 0 Å². The molecule has 1 aromatic heterocycles. The quantitative estimate of drug-likeness (QED) is 0.812. The number of nitrogens with zero attached hydrogens (tertiary/aromatic N) is 2. The third-order valence-electron chi connectivity index (χ3n) is 4.23. The van der Waals surface area contributed by atoms with Gasteiger partial charge >= 0.3 is 5.97 Å². The molecule has 1 fully saturated rings. The minimum absolute atomic E-state index is 0.232. The van der Waals surface area contributed by atoms with E-state index in [1.54, 1.807) is 30.2 Å². The molecule has 126 valence electrons. The fourth-order valence-corrected chi connectivity index (χ4v) is 3.10. The van der Waals surface area contributed by atoms with Gasteiger partial charge in [0.15, 0.2) is 0 Å². The van der Waals surface area contributed by atoms with E-state index in [4.69, 9.17) is 4.74 Å². The average Bonchev–Trinajstić information content (AvgIpc) is 2.60. The first-order chi connectivity index (χ1) is 11.6. The maximum Gasteiger partial charge on any atom is 0.310 e. The smallest absolute Gasteiger partial charge is 0.310 e. The molecule has 0 unspecified atom stereocenters. The van der Waals surface area contributed by atoms with Crippen molar-refractivity contribution >= 4 is 22.8 Å². The number of carbonyl (C=O) groups excluding carboxylic acids is 2. The predicted octanol–water partition coefficient (Wildman–Crippen LogP) is 2.79. The highest BCUT2D eigenvalue weighted by Crippen LogP contribution is 2.24. The van der Waals surface area contributed by atoms with Gasteiger partial charge in [-0.3, -0.25) is 14.6 Å². The lowest BCUT2D eigenvalue weighted by molar-refractivity contribution is -0.149. The summed E-state index contributed by atoms with van der Waals surface area (Å²) in [6.07, 6.45) is 3.00. The van der Waals surface area contributed by atoms with Crippen LogP contribution < -0.4 is 0 Å². The normalized spacial score (nSPS) is 17.8. The lowest BCUT2D eigenvalue weighted by Gasteiger charge is -2.31. The standard InChI is InChI=1S/C18H19FN2O3/c1-2-24-18(23)13-6-4-8-21(11-13)17(22)15-10-14(19)9-12-5-3-7-20-16(12)15/h3,5,7,9-10,13H,2,4,6,8,11H2,1H3/t13-/m0/s1. The Labute approximate surface area is 139 Å². The van der Waals surface area contributed by atoms with Gasteiger partial charge in [0.2, 0.25) is 0 Å². The van der Waals surface area contributed by atoms with Crippen LogP contribution in [0.2, 0.25) is 0 Å². The molecule has 1 aromatic carbocycles. The Hall–Kier alpha value is -2.50. The van der Waals surface area contributed by atoms with E-state index in [0.717, 1.165) is 6.42 Å². The topological polar surface area (TPSA) is 59.5 Å². The Balaban J connectivity index is 1.88. The number of hydrogen-bond donors (Lipinski definition) is 0. The second-order valence-electron chi connectivity index (χ2n) is 5.87. The van der Waals surface area contributed by atoms with Gasteiger partial charge < -0.3 is 9.64 Å². The number of hydrogen-bond acceptors (Lipinski definition) is 4. The van der Waals surface area contributed by atoms with Crippen LogP contribution in [0.5, 0.6) is 0 Å². The Kier molecular flexibility index (Phi) is 4.74. The Morgan fingerprint density at radius 1 is 1.42 bits per heavy atom. The first kappa shape index (κ1) is 16.4. The number of ether oxygens (including phenoxy) is 1. The molecule has 0 N–H and O–H groups in total. The van der Waals surface area contributed by atoms with Gasteiger partial charge in [0.25, 0.3) is 5.91 Å². The maximum atomic E-state index is 13.9. The molecular formula is C18H19FN2O3. The minimum Gasteiger partial charge on any atom is -0.466 e. The summed E-state index contributed by atoms with van der Waals surface area (Å²) in [6.45, 7) is 2.91. The number of fused-ring (bicyclic) bond motifs is 1. The number of carbonyl (C=O) groups is 2. The second-order valence-corrected chi connectivity index (χ2v) is 5.87. The molecule has 2 aromatic rings. The predicted molar refractivity (Wildman–Crippen MR) is 87.0 cm³/mol. The van der Waals surface area contributed by atoms with Crippen molar-refractivity contribution in [3.8, 4) is 0 Å². The summed E-state index contributed by atoms with van der Waals surface area (Å²) < 4.78 is 18.9. The number of amides is 1. The van der Waals surface area contributed by atoms with Crippen LogP contribution >= 0.6 is 0 Å². The van der Waals surface area contributed by atoms with Crippen molar-refractivity contribution < 1.29 is 18.7 Å². The van der Waals surface area contributed by atoms with Crippen molar-refractivity contribution in [1.82, 2.24) is 9.88 Å². The van der Waals surface area contributed by atoms with Gasteiger partial charge in [-0.05, 0) is 38.0 Å². The van der Waals surface area contributed by atoms with Gasteiger partial charge in [-0.2, -0.15) is 0 Å². The zero-order valence-corrected chi connectivity index (χ0v) is 13.5. The summed E-state index contributed by atoms with van der Waals surface area (Å²) in [5.74, 6) is -1.38. The molecule has 1 aliphatic heterocycles. The van der Waals surface area contributed by atoms with Gasteiger partial charge in [0.1, 0.15) is 5.82 Å². The van der Waals surface area contributed by atoms with Crippen LogP contribution in [0, 0.1) is 11.7 Å². The van der Waals surface area contributed by atoms with E-state index in [2.05, 4.69) is 4.98 Å². The van der Waals surface area contributed by atoms with Crippen LogP contribution in [0.4, 0.5) is 4.39 Å². The Bertz CT molecular complexity index is 778. The van der Waals surface area contributed by atoms with Gasteiger partial charge in [-0.15, -0.1) is 0 Å². The molecule has 0 spiro atoms. The van der Waals surface area contributed by atoms with E-state index in [-0.39, 0.29) is 23.4 Å². The first-order valence-corrected chi connectivity index (χ1v) is 8.10. The van der Waals surface area contributed by atoms with E-state index in [1.807, 2.05) is 0 Å². The summed E-state index contributed by atoms with van der Waals surface area (Å²) in [5.41, 5.74) is 0.706. The van der Waals surface area contributed by atoms with Crippen LogP contribution in [-0.2, 0) is 9.53 Å². The third-order valence-corrected chi connectivity index (χ3v) is 4.23. The monoisotopic (exact) mass is 330 g/mol. The Morgan fingerprint density at radius 3 is 3.04 bits per heavy atom. The lowest BCUT2D eigenvalue weighted by atomic mass is 9.97. The molecule has 0 bridgehead atoms. The van der Waals surface area contributed by atoms with Crippen LogP contribution in [0.1, 0.15) is 30.1 Å². The molecule has 1 aliphatic rings. The fraction of sp³-hybridized carbons (Fsp3) is 0.389. The van der Waals surface area contributed by atoms with Gasteiger partial charge in [0, 0.05) is 24.7 Å². The first-order valence-electron chi connectivity index (χ1n) is 8.10. The van der Waals surface area contributed by atoms with Gasteiger partial charge in [-0.1, -0.05) is 6.07 Å². The van der Waals surface area contributed by atoms with Gasteiger partial charge in [0.05, 0.1) is 23.6 Å². The molecule has 1 amide bonds. The van der Waals surface area contributed by atoms with E-state index in [1.165, 1.54) is 12.1 Å². The minimum atomic E-state index is -0.474. The highest BCUT2D eigenvalue weighted by Gasteiger charge is 2.30. The summed E-state index contributed by atoms with van der Waals surface area (Å²) in [4.78, 5) is 30.6. The zero-order chi connectivity index (χ0) is 17.1. The molecule has 0 saturated carbocycles. The SMILES string of the molecule is CCOC(=O)[C@H]1CCCN(C(=O)c2cc(F)cc3cccnc23)C1. The molecule has 24 heavy (non-hydrogen) atoms. The highest BCUT2D eigenvalue weighted by atomic mass is 19.1. The molecule has 5 nitrogen and oxygen atoms in total. The Morgan fingerprint density at radius 2 is 2.25 bits per heavy atom. The zero-order valence-electron chi connectivity index (χ0n) is 13.5. The van der Waals surface area contributed by atoms with Crippen molar-refractivity contribution in [2.24, 2.45) is 5.92 Å². The lowest BCUT2D eigenvalue weighted by Crippen LogP contribution is -2.43. The van der Waals surface area contributed by atoms with Crippen molar-refractivity contribution in [2.75, 3.05) is 19.7 Å². The molecule has 1 saturated heterocycles. The van der Waals surface area contributed by atoms with E-state index in [9.17, 15) is 14.0 Å². The van der Waals surface area contributed by atoms with Gasteiger partial charge in [-0.25, -0.2) is 4.39 Å². The highest BCUT2D eigenvalue weighted by molar-refractivity contribution is 6.05. The number of rotatable bonds is 3. The summed E-state index contributed by atoms with van der Waals surface area (Å²) >= 11 is 0. The van der Waals surface area contributed by atoms with Crippen molar-refractivity contribution in [3.63, 3.8) is 0 Å². The van der Waals surface area contributed by atoms with Crippen molar-refractivity contribution in [2.45, 2.75) is 19.8 Å². The number of aromatic nitrogens is 1. The average molecular weight is 330 g/mol. The molecule has 6 heteroatoms. The number of pyridine rings is 1. The molecule has 0 radical (unpaired) electrons. The molecule has 3 rings (SSSR count). The molecule has 2 heterocycles. The van der Waals surface area contributed by atoms with E-state index >= 15 is 0 Å². The van der Waals surface area contributed by atoms with E-state index < -0.39 is 5.82 Å². The van der Waals surface area contributed by atoms with Crippen molar-refractivity contribution in [3.05, 3.63) is 41.8 Å². The summed E-state index contributed by atoms with van der Waals surface area (Å²) in [7, 11) is 0. The largest absolute Gasteiger partial charge is 0.466 e. The van der Waals surface area contributed by atoms with Crippen LogP contribution in [0.25, 0.3) is 10.9 Å².